The molecule has 0 radical (unpaired) electrons. The van der Waals surface area contributed by atoms with Crippen LogP contribution in [-0.4, -0.2) is 13.0 Å². The van der Waals surface area contributed by atoms with Crippen LogP contribution in [0.4, 0.5) is 8.78 Å². The summed E-state index contributed by atoms with van der Waals surface area (Å²) in [4.78, 5) is 11.3. The van der Waals surface area contributed by atoms with Crippen molar-refractivity contribution in [1.82, 2.24) is 4.57 Å². The number of halogens is 2. The minimum absolute atomic E-state index is 0.133. The van der Waals surface area contributed by atoms with Gasteiger partial charge in [-0.3, -0.25) is 0 Å². The van der Waals surface area contributed by atoms with Gasteiger partial charge in [0.15, 0.2) is 0 Å². The minimum Gasteiger partial charge on any atom is -0.415 e. The van der Waals surface area contributed by atoms with E-state index in [9.17, 15) is 22.0 Å². The number of benzene rings is 2. The first kappa shape index (κ1) is 17.1. The highest BCUT2D eigenvalue weighted by molar-refractivity contribution is 7.89. The van der Waals surface area contributed by atoms with Crippen molar-refractivity contribution in [2.24, 2.45) is 5.14 Å². The molecular formula is C16H12F2N2O4S. The number of nitrogens with zero attached hydrogens (tertiary/aromatic N) is 1. The van der Waals surface area contributed by atoms with Gasteiger partial charge in [0, 0.05) is 5.56 Å². The standard InChI is InChI=1S/C16H12F2N2O4S/c1-9-2-4-11(7-12(9)17)20-14(8-24-16(20)21)10-3-5-15(13(18)6-10)25(19,22)23/h2-8H,1H3,(H2,19,22,23). The first-order valence-corrected chi connectivity index (χ1v) is 8.53. The van der Waals surface area contributed by atoms with Crippen LogP contribution in [0.15, 0.2) is 56.8 Å². The van der Waals surface area contributed by atoms with Crippen LogP contribution >= 0.6 is 0 Å². The third-order valence-corrected chi connectivity index (χ3v) is 4.59. The molecule has 0 aliphatic carbocycles. The monoisotopic (exact) mass is 366 g/mol. The lowest BCUT2D eigenvalue weighted by atomic mass is 10.1. The SMILES string of the molecule is Cc1ccc(-n2c(-c3ccc(S(N)(=O)=O)c(F)c3)coc2=O)cc1F. The smallest absolute Gasteiger partial charge is 0.415 e. The summed E-state index contributed by atoms with van der Waals surface area (Å²) in [5, 5.41) is 4.92. The molecule has 0 aliphatic heterocycles. The van der Waals surface area contributed by atoms with E-state index in [4.69, 9.17) is 9.56 Å². The molecule has 0 saturated heterocycles. The molecule has 2 aromatic carbocycles. The van der Waals surface area contributed by atoms with Gasteiger partial charge >= 0.3 is 5.76 Å². The summed E-state index contributed by atoms with van der Waals surface area (Å²) >= 11 is 0. The van der Waals surface area contributed by atoms with E-state index in [0.717, 1.165) is 29.0 Å². The second-order valence-corrected chi connectivity index (χ2v) is 6.88. The second kappa shape index (κ2) is 5.94. The summed E-state index contributed by atoms with van der Waals surface area (Å²) in [6, 6.07) is 7.30. The van der Waals surface area contributed by atoms with Gasteiger partial charge in [0.2, 0.25) is 10.0 Å². The number of aryl methyl sites for hydroxylation is 1. The molecule has 3 aromatic rings. The molecule has 130 valence electrons. The lowest BCUT2D eigenvalue weighted by Crippen LogP contribution is -2.15. The van der Waals surface area contributed by atoms with Gasteiger partial charge in [-0.2, -0.15) is 0 Å². The molecule has 0 fully saturated rings. The molecule has 3 rings (SSSR count). The number of hydrogen-bond donors (Lipinski definition) is 1. The van der Waals surface area contributed by atoms with Crippen molar-refractivity contribution in [3.05, 3.63) is 70.4 Å². The Kier molecular flexibility index (Phi) is 4.05. The van der Waals surface area contributed by atoms with Crippen LogP contribution in [0.2, 0.25) is 0 Å². The number of sulfonamides is 1. The van der Waals surface area contributed by atoms with Crippen molar-refractivity contribution in [3.63, 3.8) is 0 Å². The number of primary sulfonamides is 1. The summed E-state index contributed by atoms with van der Waals surface area (Å²) in [6.45, 7) is 1.57. The molecule has 0 bridgehead atoms. The maximum atomic E-state index is 14.1. The molecule has 0 amide bonds. The van der Waals surface area contributed by atoms with Crippen LogP contribution < -0.4 is 10.9 Å². The Morgan fingerprint density at radius 3 is 2.40 bits per heavy atom. The highest BCUT2D eigenvalue weighted by Gasteiger charge is 2.18. The third-order valence-electron chi connectivity index (χ3n) is 3.64. The average Bonchev–Trinajstić information content (AvgIpc) is 2.90. The van der Waals surface area contributed by atoms with E-state index in [-0.39, 0.29) is 16.9 Å². The zero-order chi connectivity index (χ0) is 18.4. The fourth-order valence-corrected chi connectivity index (χ4v) is 2.95. The zero-order valence-corrected chi connectivity index (χ0v) is 13.7. The van der Waals surface area contributed by atoms with Crippen LogP contribution in [0.3, 0.4) is 0 Å². The van der Waals surface area contributed by atoms with E-state index in [2.05, 4.69) is 0 Å². The van der Waals surface area contributed by atoms with Crippen LogP contribution in [0, 0.1) is 18.6 Å². The summed E-state index contributed by atoms with van der Waals surface area (Å²) in [6.07, 6.45) is 1.07. The largest absolute Gasteiger partial charge is 0.424 e. The number of oxazole rings is 1. The average molecular weight is 366 g/mol. The van der Waals surface area contributed by atoms with Crippen molar-refractivity contribution < 1.29 is 21.6 Å². The quantitative estimate of drug-likeness (QED) is 0.770. The second-order valence-electron chi connectivity index (χ2n) is 5.35. The lowest BCUT2D eigenvalue weighted by molar-refractivity contribution is 0.503. The lowest BCUT2D eigenvalue weighted by Gasteiger charge is -2.08. The Morgan fingerprint density at radius 2 is 1.80 bits per heavy atom. The number of nitrogens with two attached hydrogens (primary N) is 1. The molecule has 25 heavy (non-hydrogen) atoms. The van der Waals surface area contributed by atoms with Gasteiger partial charge in [0.05, 0.1) is 11.4 Å². The highest BCUT2D eigenvalue weighted by atomic mass is 32.2. The van der Waals surface area contributed by atoms with Crippen molar-refractivity contribution in [2.75, 3.05) is 0 Å². The molecular weight excluding hydrogens is 354 g/mol. The Hall–Kier alpha value is -2.78. The van der Waals surface area contributed by atoms with E-state index in [1.54, 1.807) is 6.92 Å². The molecule has 0 saturated carbocycles. The van der Waals surface area contributed by atoms with Gasteiger partial charge in [-0.25, -0.2) is 31.7 Å². The molecule has 2 N–H and O–H groups in total. The van der Waals surface area contributed by atoms with E-state index >= 15 is 0 Å². The summed E-state index contributed by atoms with van der Waals surface area (Å²) in [5.41, 5.74) is 0.878. The van der Waals surface area contributed by atoms with Crippen LogP contribution in [0.5, 0.6) is 0 Å². The predicted molar refractivity (Wildman–Crippen MR) is 85.8 cm³/mol. The van der Waals surface area contributed by atoms with Gasteiger partial charge < -0.3 is 4.42 Å². The normalized spacial score (nSPS) is 11.7. The predicted octanol–water partition coefficient (Wildman–Crippen LogP) is 2.33. The van der Waals surface area contributed by atoms with Crippen LogP contribution in [0.1, 0.15) is 5.56 Å². The Morgan fingerprint density at radius 1 is 1.08 bits per heavy atom. The number of hydrogen-bond acceptors (Lipinski definition) is 4. The highest BCUT2D eigenvalue weighted by Crippen LogP contribution is 2.25. The van der Waals surface area contributed by atoms with Crippen LogP contribution in [-0.2, 0) is 10.0 Å². The molecule has 0 unspecified atom stereocenters. The summed E-state index contributed by atoms with van der Waals surface area (Å²) in [7, 11) is -4.22. The van der Waals surface area contributed by atoms with Crippen molar-refractivity contribution in [1.29, 1.82) is 0 Å². The zero-order valence-electron chi connectivity index (χ0n) is 12.9. The molecule has 9 heteroatoms. The molecule has 1 aromatic heterocycles. The van der Waals surface area contributed by atoms with E-state index in [1.165, 1.54) is 18.2 Å². The minimum atomic E-state index is -4.22. The fourth-order valence-electron chi connectivity index (χ4n) is 2.36. The van der Waals surface area contributed by atoms with Gasteiger partial charge in [-0.05, 0) is 36.8 Å². The van der Waals surface area contributed by atoms with Gasteiger partial charge in [-0.15, -0.1) is 0 Å². The third kappa shape index (κ3) is 3.11. The topological polar surface area (TPSA) is 95.3 Å². The van der Waals surface area contributed by atoms with Crippen molar-refractivity contribution in [2.45, 2.75) is 11.8 Å². The van der Waals surface area contributed by atoms with Gasteiger partial charge in [0.1, 0.15) is 22.8 Å². The first-order valence-electron chi connectivity index (χ1n) is 6.98. The molecule has 6 nitrogen and oxygen atoms in total. The Bertz CT molecular complexity index is 1130. The fraction of sp³-hybridized carbons (Fsp3) is 0.0625. The van der Waals surface area contributed by atoms with Crippen LogP contribution in [0.25, 0.3) is 16.9 Å². The maximum Gasteiger partial charge on any atom is 0.424 e. The van der Waals surface area contributed by atoms with Crippen molar-refractivity contribution >= 4 is 10.0 Å². The Balaban J connectivity index is 2.19. The van der Waals surface area contributed by atoms with E-state index in [0.29, 0.717) is 5.56 Å². The van der Waals surface area contributed by atoms with Gasteiger partial charge in [0.25, 0.3) is 0 Å². The number of rotatable bonds is 3. The van der Waals surface area contributed by atoms with Gasteiger partial charge in [-0.1, -0.05) is 12.1 Å². The number of aromatic nitrogens is 1. The summed E-state index contributed by atoms with van der Waals surface area (Å²) in [5.74, 6) is -2.39. The summed E-state index contributed by atoms with van der Waals surface area (Å²) < 4.78 is 56.3. The van der Waals surface area contributed by atoms with Crippen molar-refractivity contribution in [3.8, 4) is 16.9 Å². The van der Waals surface area contributed by atoms with E-state index < -0.39 is 32.3 Å². The molecule has 0 aliphatic rings. The molecule has 1 heterocycles. The maximum absolute atomic E-state index is 14.1. The first-order chi connectivity index (χ1) is 11.7. The Labute approximate surface area is 141 Å². The van der Waals surface area contributed by atoms with E-state index in [1.807, 2.05) is 0 Å². The molecule has 0 atom stereocenters. The molecule has 0 spiro atoms.